The van der Waals surface area contributed by atoms with Gasteiger partial charge in [-0.15, -0.1) is 0 Å². The Morgan fingerprint density at radius 2 is 1.67 bits per heavy atom. The lowest BCUT2D eigenvalue weighted by molar-refractivity contribution is 0.132. The van der Waals surface area contributed by atoms with Gasteiger partial charge in [-0.3, -0.25) is 9.88 Å². The molecule has 2 heterocycles. The smallest absolute Gasteiger partial charge is 0.123 e. The first-order chi connectivity index (χ1) is 14.6. The minimum atomic E-state index is -0.234. The molecule has 1 aliphatic rings. The second kappa shape index (κ2) is 10.5. The molecule has 0 radical (unpaired) electrons. The third kappa shape index (κ3) is 5.33. The maximum atomic E-state index is 13.2. The van der Waals surface area contributed by atoms with E-state index >= 15 is 0 Å². The molecule has 0 saturated carbocycles. The molecular weight excluding hydrogens is 379 g/mol. The van der Waals surface area contributed by atoms with E-state index in [4.69, 9.17) is 10.1 Å². The van der Waals surface area contributed by atoms with Gasteiger partial charge in [0.2, 0.25) is 0 Å². The monoisotopic (exact) mass is 410 g/mol. The van der Waals surface area contributed by atoms with Crippen molar-refractivity contribution in [3.8, 4) is 0 Å². The molecule has 1 aromatic heterocycles. The van der Waals surface area contributed by atoms with E-state index in [2.05, 4.69) is 41.1 Å². The van der Waals surface area contributed by atoms with Crippen LogP contribution in [0.3, 0.4) is 0 Å². The maximum Gasteiger partial charge on any atom is 0.123 e. The second-order valence-electron chi connectivity index (χ2n) is 7.51. The number of hydrogen-bond acceptors (Lipinski definition) is 5. The van der Waals surface area contributed by atoms with Crippen LogP contribution < -0.4 is 5.32 Å². The largest absolute Gasteiger partial charge is 0.400 e. The molecule has 160 valence electrons. The van der Waals surface area contributed by atoms with E-state index in [1.54, 1.807) is 12.1 Å². The Hall–Kier alpha value is -2.54. The molecule has 0 bridgehead atoms. The van der Waals surface area contributed by atoms with Crippen molar-refractivity contribution in [3.63, 3.8) is 0 Å². The maximum absolute atomic E-state index is 13.2. The molecule has 5 nitrogen and oxygen atoms in total. The number of aromatic nitrogens is 1. The molecule has 1 saturated heterocycles. The van der Waals surface area contributed by atoms with Gasteiger partial charge in [0, 0.05) is 57.1 Å². The minimum absolute atomic E-state index is 0.234. The van der Waals surface area contributed by atoms with Gasteiger partial charge in [0.05, 0.1) is 11.2 Å². The summed E-state index contributed by atoms with van der Waals surface area (Å²) >= 11 is 0. The van der Waals surface area contributed by atoms with E-state index < -0.39 is 0 Å². The molecule has 30 heavy (non-hydrogen) atoms. The van der Waals surface area contributed by atoms with Crippen LogP contribution in [0.4, 0.5) is 15.8 Å². The summed E-state index contributed by atoms with van der Waals surface area (Å²) in [4.78, 5) is 9.78. The summed E-state index contributed by atoms with van der Waals surface area (Å²) in [6.45, 7) is 10.9. The van der Waals surface area contributed by atoms with Crippen molar-refractivity contribution < 1.29 is 9.50 Å². The molecule has 0 spiro atoms. The molecule has 1 aliphatic heterocycles. The number of halogens is 1. The highest BCUT2D eigenvalue weighted by atomic mass is 19.1. The molecule has 3 aromatic rings. The van der Waals surface area contributed by atoms with E-state index in [9.17, 15) is 4.39 Å². The van der Waals surface area contributed by atoms with Crippen molar-refractivity contribution in [2.45, 2.75) is 20.4 Å². The number of pyridine rings is 1. The Morgan fingerprint density at radius 3 is 2.33 bits per heavy atom. The average molecular weight is 411 g/mol. The van der Waals surface area contributed by atoms with Gasteiger partial charge in [0.1, 0.15) is 5.82 Å². The molecule has 6 heteroatoms. The number of piperazine rings is 1. The second-order valence-corrected chi connectivity index (χ2v) is 7.51. The van der Waals surface area contributed by atoms with Crippen LogP contribution >= 0.6 is 0 Å². The van der Waals surface area contributed by atoms with Gasteiger partial charge < -0.3 is 15.3 Å². The Bertz CT molecular complexity index is 953. The molecule has 4 rings (SSSR count). The van der Waals surface area contributed by atoms with Crippen molar-refractivity contribution in [2.75, 3.05) is 45.2 Å². The topological polar surface area (TPSA) is 51.6 Å². The number of aliphatic hydroxyl groups is 1. The van der Waals surface area contributed by atoms with Gasteiger partial charge >= 0.3 is 0 Å². The van der Waals surface area contributed by atoms with Gasteiger partial charge in [0.15, 0.2) is 0 Å². The highest BCUT2D eigenvalue weighted by Gasteiger charge is 2.16. The van der Waals surface area contributed by atoms with E-state index in [1.165, 1.54) is 23.3 Å². The summed E-state index contributed by atoms with van der Waals surface area (Å²) < 4.78 is 13.2. The first-order valence-electron chi connectivity index (χ1n) is 10.4. The van der Waals surface area contributed by atoms with Gasteiger partial charge in [-0.05, 0) is 61.0 Å². The molecular formula is C24H31FN4O. The Morgan fingerprint density at radius 1 is 1.00 bits per heavy atom. The highest BCUT2D eigenvalue weighted by molar-refractivity contribution is 5.94. The van der Waals surface area contributed by atoms with Crippen LogP contribution in [-0.4, -0.2) is 59.7 Å². The highest BCUT2D eigenvalue weighted by Crippen LogP contribution is 2.28. The molecule has 1 fully saturated rings. The van der Waals surface area contributed by atoms with Crippen LogP contribution in [0.25, 0.3) is 10.9 Å². The van der Waals surface area contributed by atoms with E-state index in [0.717, 1.165) is 68.7 Å². The molecule has 0 aliphatic carbocycles. The number of aliphatic hydroxyl groups excluding tert-OH is 1. The number of hydrogen-bond donors (Lipinski definition) is 2. The normalized spacial score (nSPS) is 15.0. The fourth-order valence-electron chi connectivity index (χ4n) is 3.80. The SMILES string of the molecule is CCN1CCN(Cc2cnc3c(Nc4ccc(F)cc4)ccc(C)c3c2)CC1.CO. The third-order valence-corrected chi connectivity index (χ3v) is 5.57. The Labute approximate surface area is 178 Å². The predicted octanol–water partition coefficient (Wildman–Crippen LogP) is 4.17. The Balaban J connectivity index is 0.00000124. The zero-order valence-corrected chi connectivity index (χ0v) is 18.0. The first-order valence-corrected chi connectivity index (χ1v) is 10.4. The van der Waals surface area contributed by atoms with Gasteiger partial charge in [-0.2, -0.15) is 0 Å². The number of nitrogens with one attached hydrogen (secondary N) is 1. The number of benzene rings is 2. The summed E-state index contributed by atoms with van der Waals surface area (Å²) in [5.41, 5.74) is 5.20. The lowest BCUT2D eigenvalue weighted by Gasteiger charge is -2.34. The van der Waals surface area contributed by atoms with Gasteiger partial charge in [0.25, 0.3) is 0 Å². The first kappa shape index (κ1) is 22.2. The summed E-state index contributed by atoms with van der Waals surface area (Å²) in [5, 5.41) is 11.5. The fraction of sp³-hybridized carbons (Fsp3) is 0.375. The van der Waals surface area contributed by atoms with Crippen molar-refractivity contribution >= 4 is 22.3 Å². The van der Waals surface area contributed by atoms with Crippen LogP contribution in [-0.2, 0) is 6.54 Å². The number of likely N-dealkylation sites (N-methyl/N-ethyl adjacent to an activating group) is 1. The molecule has 0 amide bonds. The van der Waals surface area contributed by atoms with Crippen LogP contribution in [0.2, 0.25) is 0 Å². The summed E-state index contributed by atoms with van der Waals surface area (Å²) in [6.07, 6.45) is 1.99. The zero-order chi connectivity index (χ0) is 21.5. The number of nitrogens with zero attached hydrogens (tertiary/aromatic N) is 3. The van der Waals surface area contributed by atoms with E-state index in [0.29, 0.717) is 0 Å². The Kier molecular flexibility index (Phi) is 7.74. The minimum Gasteiger partial charge on any atom is -0.400 e. The standard InChI is InChI=1S/C23H27FN4.CH4O/c1-3-27-10-12-28(13-11-27)16-18-14-21-17(2)4-9-22(23(21)25-15-18)26-20-7-5-19(24)6-8-20;1-2/h4-9,14-15,26H,3,10-13,16H2,1-2H3;2H,1H3. The summed E-state index contributed by atoms with van der Waals surface area (Å²) in [5.74, 6) is -0.234. The van der Waals surface area contributed by atoms with Gasteiger partial charge in [-0.1, -0.05) is 13.0 Å². The number of aryl methyl sites for hydroxylation is 1. The third-order valence-electron chi connectivity index (χ3n) is 5.57. The molecule has 2 N–H and O–H groups in total. The number of fused-ring (bicyclic) bond motifs is 1. The van der Waals surface area contributed by atoms with Crippen molar-refractivity contribution in [1.29, 1.82) is 0 Å². The molecule has 0 atom stereocenters. The quantitative estimate of drug-likeness (QED) is 0.661. The van der Waals surface area contributed by atoms with E-state index in [1.807, 2.05) is 12.3 Å². The summed E-state index contributed by atoms with van der Waals surface area (Å²) in [7, 11) is 1.00. The zero-order valence-electron chi connectivity index (χ0n) is 18.0. The van der Waals surface area contributed by atoms with Crippen molar-refractivity contribution in [2.24, 2.45) is 0 Å². The van der Waals surface area contributed by atoms with Crippen LogP contribution in [0.5, 0.6) is 0 Å². The predicted molar refractivity (Wildman–Crippen MR) is 122 cm³/mol. The molecule has 2 aromatic carbocycles. The number of rotatable bonds is 5. The van der Waals surface area contributed by atoms with Crippen LogP contribution in [0.1, 0.15) is 18.1 Å². The number of anilines is 2. The fourth-order valence-corrected chi connectivity index (χ4v) is 3.80. The summed E-state index contributed by atoms with van der Waals surface area (Å²) in [6, 6.07) is 12.8. The average Bonchev–Trinajstić information content (AvgIpc) is 2.79. The molecule has 0 unspecified atom stereocenters. The lowest BCUT2D eigenvalue weighted by Crippen LogP contribution is -2.45. The van der Waals surface area contributed by atoms with E-state index in [-0.39, 0.29) is 5.82 Å². The van der Waals surface area contributed by atoms with Crippen LogP contribution in [0.15, 0.2) is 48.7 Å². The lowest BCUT2D eigenvalue weighted by atomic mass is 10.1. The van der Waals surface area contributed by atoms with Gasteiger partial charge in [-0.25, -0.2) is 4.39 Å². The van der Waals surface area contributed by atoms with Crippen molar-refractivity contribution in [1.82, 2.24) is 14.8 Å². The van der Waals surface area contributed by atoms with Crippen molar-refractivity contribution in [3.05, 3.63) is 65.6 Å². The van der Waals surface area contributed by atoms with Crippen LogP contribution in [0, 0.1) is 12.7 Å².